The zero-order valence-electron chi connectivity index (χ0n) is 22.3. The second-order valence-electron chi connectivity index (χ2n) is 10.6. The molecule has 0 atom stereocenters. The average molecular weight is 559 g/mol. The maximum Gasteiger partial charge on any atom is 0.267 e. The van der Waals surface area contributed by atoms with Crippen LogP contribution < -0.4 is 0 Å². The van der Waals surface area contributed by atoms with Gasteiger partial charge in [-0.2, -0.15) is 5.26 Å². The van der Waals surface area contributed by atoms with E-state index >= 15 is 0 Å². The summed E-state index contributed by atoms with van der Waals surface area (Å²) in [7, 11) is 0. The van der Waals surface area contributed by atoms with Crippen LogP contribution in [0.4, 0.5) is 10.1 Å². The molecule has 0 radical (unpaired) electrons. The van der Waals surface area contributed by atoms with E-state index in [0.29, 0.717) is 10.1 Å². The average Bonchev–Trinajstić information content (AvgIpc) is 3.55. The van der Waals surface area contributed by atoms with Crippen molar-refractivity contribution < 1.29 is 9.18 Å². The topological polar surface area (TPSA) is 61.4 Å². The van der Waals surface area contributed by atoms with Crippen LogP contribution in [-0.4, -0.2) is 26.6 Å². The predicted octanol–water partition coefficient (Wildman–Crippen LogP) is 7.98. The number of thiophene rings is 1. The van der Waals surface area contributed by atoms with Gasteiger partial charge in [0.25, 0.3) is 5.91 Å². The van der Waals surface area contributed by atoms with Gasteiger partial charge in [0.2, 0.25) is 0 Å². The Morgan fingerprint density at radius 3 is 2.64 bits per heavy atom. The highest BCUT2D eigenvalue weighted by molar-refractivity contribution is 8.18. The number of carbonyl (C=O) groups excluding carboxylic acids is 1. The quantitative estimate of drug-likeness (QED) is 0.305. The van der Waals surface area contributed by atoms with E-state index in [-0.39, 0.29) is 17.6 Å². The standard InChI is InChI=1S/C31H31FN4OS2/c1-19-16-21(20(2)35(19)30-24(18-33)23-12-6-9-15-27(23)38-30)17-28-29(37)36(22-10-4-3-5-11-22)31(39-28)34-26-14-8-7-13-25(26)32/h7-8,13-14,16-17,22H,3-6,9-12,15H2,1-2H3/b28-17-,34-31?. The fourth-order valence-electron chi connectivity index (χ4n) is 6.08. The van der Waals surface area contributed by atoms with E-state index in [2.05, 4.69) is 35.5 Å². The van der Waals surface area contributed by atoms with Gasteiger partial charge in [0.15, 0.2) is 5.17 Å². The number of rotatable bonds is 4. The van der Waals surface area contributed by atoms with E-state index in [1.165, 1.54) is 41.1 Å². The lowest BCUT2D eigenvalue weighted by molar-refractivity contribution is -0.124. The highest BCUT2D eigenvalue weighted by Gasteiger charge is 2.39. The number of nitriles is 1. The predicted molar refractivity (Wildman–Crippen MR) is 157 cm³/mol. The Morgan fingerprint density at radius 1 is 1.10 bits per heavy atom. The Morgan fingerprint density at radius 2 is 1.87 bits per heavy atom. The molecule has 39 heavy (non-hydrogen) atoms. The van der Waals surface area contributed by atoms with Gasteiger partial charge in [0.1, 0.15) is 22.6 Å². The molecular weight excluding hydrogens is 528 g/mol. The van der Waals surface area contributed by atoms with Gasteiger partial charge < -0.3 is 4.57 Å². The molecule has 1 saturated carbocycles. The van der Waals surface area contributed by atoms with Crippen molar-refractivity contribution in [2.75, 3.05) is 0 Å². The maximum absolute atomic E-state index is 14.5. The molecular formula is C31H31FN4OS2. The van der Waals surface area contributed by atoms with Crippen LogP contribution in [0.3, 0.4) is 0 Å². The minimum atomic E-state index is -0.394. The SMILES string of the molecule is Cc1cc(/C=C2\SC(=Nc3ccccc3F)N(C3CCCCC3)C2=O)c(C)n1-c1sc2c(c1C#N)CCCC2. The smallest absolute Gasteiger partial charge is 0.267 e. The van der Waals surface area contributed by atoms with Gasteiger partial charge in [-0.25, -0.2) is 9.38 Å². The third-order valence-corrected chi connectivity index (χ3v) is 10.3. The molecule has 8 heteroatoms. The van der Waals surface area contributed by atoms with Gasteiger partial charge in [-0.05, 0) is 99.5 Å². The first-order valence-corrected chi connectivity index (χ1v) is 15.4. The molecule has 0 N–H and O–H groups in total. The fourth-order valence-corrected chi connectivity index (χ4v) is 8.58. The van der Waals surface area contributed by atoms with Crippen molar-refractivity contribution in [3.8, 4) is 11.1 Å². The number of amides is 1. The lowest BCUT2D eigenvalue weighted by Crippen LogP contribution is -2.40. The molecule has 2 aromatic heterocycles. The minimum Gasteiger partial charge on any atom is -0.308 e. The molecule has 0 spiro atoms. The summed E-state index contributed by atoms with van der Waals surface area (Å²) in [4.78, 5) is 22.2. The van der Waals surface area contributed by atoms with Crippen LogP contribution in [0, 0.1) is 31.0 Å². The summed E-state index contributed by atoms with van der Waals surface area (Å²) in [5.41, 5.74) is 5.26. The summed E-state index contributed by atoms with van der Waals surface area (Å²) in [6.45, 7) is 4.11. The van der Waals surface area contributed by atoms with Gasteiger partial charge >= 0.3 is 0 Å². The number of amidine groups is 1. The number of hydrogen-bond donors (Lipinski definition) is 0. The Hall–Kier alpha value is -3.15. The molecule has 6 rings (SSSR count). The number of para-hydroxylation sites is 1. The number of aromatic nitrogens is 1. The summed E-state index contributed by atoms with van der Waals surface area (Å²) in [5.74, 6) is -0.453. The number of benzene rings is 1. The van der Waals surface area contributed by atoms with Gasteiger partial charge in [0.05, 0.1) is 10.5 Å². The molecule has 0 unspecified atom stereocenters. The Balaban J connectivity index is 1.40. The number of aryl methyl sites for hydroxylation is 2. The van der Waals surface area contributed by atoms with Crippen molar-refractivity contribution in [2.45, 2.75) is 77.7 Å². The summed E-state index contributed by atoms with van der Waals surface area (Å²) in [6, 6.07) is 11.1. The molecule has 2 aliphatic carbocycles. The van der Waals surface area contributed by atoms with E-state index < -0.39 is 5.82 Å². The second kappa shape index (κ2) is 10.8. The van der Waals surface area contributed by atoms with E-state index in [0.717, 1.165) is 72.5 Å². The van der Waals surface area contributed by atoms with Crippen molar-refractivity contribution in [1.29, 1.82) is 5.26 Å². The molecule has 3 heterocycles. The number of fused-ring (bicyclic) bond motifs is 1. The van der Waals surface area contributed by atoms with Crippen molar-refractivity contribution in [3.05, 3.63) is 74.0 Å². The number of thioether (sulfide) groups is 1. The molecule has 0 bridgehead atoms. The van der Waals surface area contributed by atoms with Crippen molar-refractivity contribution in [3.63, 3.8) is 0 Å². The number of hydrogen-bond acceptors (Lipinski definition) is 5. The molecule has 1 saturated heterocycles. The third kappa shape index (κ3) is 4.76. The van der Waals surface area contributed by atoms with Crippen molar-refractivity contribution in [1.82, 2.24) is 9.47 Å². The number of carbonyl (C=O) groups is 1. The normalized spacial score (nSPS) is 20.2. The molecule has 1 aromatic carbocycles. The van der Waals surface area contributed by atoms with Crippen LogP contribution in [0.25, 0.3) is 11.1 Å². The largest absolute Gasteiger partial charge is 0.308 e. The Kier molecular flexibility index (Phi) is 7.22. The summed E-state index contributed by atoms with van der Waals surface area (Å²) < 4.78 is 16.7. The molecule has 200 valence electrons. The van der Waals surface area contributed by atoms with Crippen LogP contribution in [0.1, 0.15) is 77.9 Å². The molecule has 3 aromatic rings. The van der Waals surface area contributed by atoms with Crippen LogP contribution >= 0.6 is 23.1 Å². The molecule has 1 aliphatic heterocycles. The fraction of sp³-hybridized carbons (Fsp3) is 0.387. The van der Waals surface area contributed by atoms with Gasteiger partial charge in [0, 0.05) is 22.3 Å². The summed E-state index contributed by atoms with van der Waals surface area (Å²) in [6.07, 6.45) is 11.5. The number of nitrogens with zero attached hydrogens (tertiary/aromatic N) is 4. The van der Waals surface area contributed by atoms with Gasteiger partial charge in [-0.15, -0.1) is 11.3 Å². The van der Waals surface area contributed by atoms with E-state index in [4.69, 9.17) is 0 Å². The van der Waals surface area contributed by atoms with Gasteiger partial charge in [-0.3, -0.25) is 9.69 Å². The first kappa shape index (κ1) is 26.1. The highest BCUT2D eigenvalue weighted by Crippen LogP contribution is 2.41. The number of halogens is 1. The highest BCUT2D eigenvalue weighted by atomic mass is 32.2. The van der Waals surface area contributed by atoms with Crippen molar-refractivity contribution in [2.24, 2.45) is 4.99 Å². The number of aliphatic imine (C=N–C) groups is 1. The first-order valence-electron chi connectivity index (χ1n) is 13.8. The minimum absolute atomic E-state index is 0.0592. The van der Waals surface area contributed by atoms with E-state index in [1.807, 2.05) is 11.0 Å². The van der Waals surface area contributed by atoms with Crippen LogP contribution in [0.15, 0.2) is 40.2 Å². The second-order valence-corrected chi connectivity index (χ2v) is 12.7. The van der Waals surface area contributed by atoms with E-state index in [9.17, 15) is 14.4 Å². The third-order valence-electron chi connectivity index (χ3n) is 8.07. The molecule has 5 nitrogen and oxygen atoms in total. The molecule has 2 fully saturated rings. The zero-order valence-corrected chi connectivity index (χ0v) is 23.9. The van der Waals surface area contributed by atoms with Crippen molar-refractivity contribution >= 4 is 45.9 Å². The van der Waals surface area contributed by atoms with Crippen LogP contribution in [0.2, 0.25) is 0 Å². The maximum atomic E-state index is 14.5. The zero-order chi connectivity index (χ0) is 27.1. The first-order chi connectivity index (χ1) is 19.0. The summed E-state index contributed by atoms with van der Waals surface area (Å²) in [5, 5.41) is 11.6. The Bertz CT molecular complexity index is 1550. The molecule has 3 aliphatic rings. The van der Waals surface area contributed by atoms with Gasteiger partial charge in [-0.1, -0.05) is 31.4 Å². The van der Waals surface area contributed by atoms with E-state index in [1.54, 1.807) is 29.5 Å². The molecule has 1 amide bonds. The van der Waals surface area contributed by atoms with Crippen LogP contribution in [0.5, 0.6) is 0 Å². The van der Waals surface area contributed by atoms with Crippen LogP contribution in [-0.2, 0) is 17.6 Å². The lowest BCUT2D eigenvalue weighted by atomic mass is 9.94. The monoisotopic (exact) mass is 558 g/mol. The summed E-state index contributed by atoms with van der Waals surface area (Å²) >= 11 is 3.06. The Labute approximate surface area is 237 Å². The lowest BCUT2D eigenvalue weighted by Gasteiger charge is -2.30.